The number of pyridine rings is 1. The van der Waals surface area contributed by atoms with E-state index in [1.165, 1.54) is 24.4 Å². The number of aliphatic hydroxyl groups excluding tert-OH is 1. The molecule has 8 heteroatoms. The van der Waals surface area contributed by atoms with Crippen LogP contribution >= 0.6 is 0 Å². The van der Waals surface area contributed by atoms with Crippen molar-refractivity contribution in [3.63, 3.8) is 0 Å². The highest BCUT2D eigenvalue weighted by molar-refractivity contribution is 5.87. The Balaban J connectivity index is 1.69. The van der Waals surface area contributed by atoms with Gasteiger partial charge in [0.25, 0.3) is 5.56 Å². The molecule has 0 aliphatic carbocycles. The number of benzene rings is 2. The molecule has 150 valence electrons. The summed E-state index contributed by atoms with van der Waals surface area (Å²) in [5.74, 6) is -0.0837. The fourth-order valence-electron chi connectivity index (χ4n) is 3.35. The largest absolute Gasteiger partial charge is 0.387 e. The number of H-pyrrole nitrogens is 2. The van der Waals surface area contributed by atoms with Crippen LogP contribution in [0.1, 0.15) is 17.2 Å². The zero-order valence-electron chi connectivity index (χ0n) is 16.0. The van der Waals surface area contributed by atoms with Gasteiger partial charge in [-0.3, -0.25) is 4.79 Å². The van der Waals surface area contributed by atoms with Gasteiger partial charge in [-0.2, -0.15) is 0 Å². The third-order valence-corrected chi connectivity index (χ3v) is 4.81. The highest BCUT2D eigenvalue weighted by Crippen LogP contribution is 2.29. The number of nitrogens with zero attached hydrogens (tertiary/aromatic N) is 2. The molecule has 7 nitrogen and oxygen atoms in total. The zero-order valence-corrected chi connectivity index (χ0v) is 16.0. The van der Waals surface area contributed by atoms with Gasteiger partial charge in [-0.05, 0) is 42.3 Å². The Morgan fingerprint density at radius 2 is 2.13 bits per heavy atom. The molecule has 4 aromatic rings. The maximum atomic E-state index is 13.4. The lowest BCUT2D eigenvalue weighted by Crippen LogP contribution is -2.17. The molecule has 0 saturated heterocycles. The summed E-state index contributed by atoms with van der Waals surface area (Å²) in [7, 11) is 0. The van der Waals surface area contributed by atoms with Crippen molar-refractivity contribution in [3.05, 3.63) is 87.4 Å². The molecule has 1 unspecified atom stereocenters. The monoisotopic (exact) mass is 403 g/mol. The number of halogens is 1. The molecule has 0 aliphatic heterocycles. The Hall–Kier alpha value is -3.96. The number of hydrogen-bond donors (Lipinski definition) is 4. The number of rotatable bonds is 5. The summed E-state index contributed by atoms with van der Waals surface area (Å²) >= 11 is 0. The molecule has 0 radical (unpaired) electrons. The van der Waals surface area contributed by atoms with E-state index in [0.717, 1.165) is 5.56 Å². The van der Waals surface area contributed by atoms with E-state index in [1.807, 2.05) is 6.92 Å². The molecular formula is C22H18FN5O2. The molecule has 2 aromatic heterocycles. The highest BCUT2D eigenvalue weighted by Gasteiger charge is 2.17. The number of aryl methyl sites for hydroxylation is 1. The van der Waals surface area contributed by atoms with Crippen LogP contribution in [0.3, 0.4) is 0 Å². The van der Waals surface area contributed by atoms with E-state index in [1.54, 1.807) is 24.3 Å². The summed E-state index contributed by atoms with van der Waals surface area (Å²) in [5, 5.41) is 13.4. The summed E-state index contributed by atoms with van der Waals surface area (Å²) < 4.78 is 13.4. The molecule has 4 N–H and O–H groups in total. The molecule has 0 aliphatic rings. The predicted octanol–water partition coefficient (Wildman–Crippen LogP) is 4.06. The summed E-state index contributed by atoms with van der Waals surface area (Å²) in [5.41, 5.74) is 3.46. The molecular weight excluding hydrogens is 385 g/mol. The Kier molecular flexibility index (Phi) is 5.04. The molecule has 4 rings (SSSR count). The highest BCUT2D eigenvalue weighted by atomic mass is 19.1. The van der Waals surface area contributed by atoms with Crippen LogP contribution < -0.4 is 10.9 Å². The standard InChI is InChI=1S/C22H18FN5O2/c1-12-8-15(24-2)10-17-20(12)28-21(27-17)19-16(6-7-25-22(19)30)26-11-18(29)13-4-3-5-14(23)9-13/h3-10,18,29H,11H2,1H3,(H,27,28)(H2,25,26,30). The first-order chi connectivity index (χ1) is 14.5. The molecule has 0 saturated carbocycles. The third-order valence-electron chi connectivity index (χ3n) is 4.81. The average molecular weight is 403 g/mol. The lowest BCUT2D eigenvalue weighted by molar-refractivity contribution is 0.191. The van der Waals surface area contributed by atoms with Crippen LogP contribution in [0.25, 0.3) is 27.3 Å². The van der Waals surface area contributed by atoms with Crippen molar-refractivity contribution >= 4 is 22.4 Å². The molecule has 2 aromatic carbocycles. The van der Waals surface area contributed by atoms with Gasteiger partial charge < -0.3 is 20.4 Å². The minimum Gasteiger partial charge on any atom is -0.387 e. The van der Waals surface area contributed by atoms with Crippen molar-refractivity contribution in [3.8, 4) is 11.4 Å². The first-order valence-electron chi connectivity index (χ1n) is 9.23. The van der Waals surface area contributed by atoms with Crippen LogP contribution in [-0.4, -0.2) is 26.6 Å². The van der Waals surface area contributed by atoms with Gasteiger partial charge in [-0.1, -0.05) is 18.2 Å². The van der Waals surface area contributed by atoms with Crippen LogP contribution in [0.2, 0.25) is 0 Å². The second-order valence-corrected chi connectivity index (χ2v) is 6.90. The third kappa shape index (κ3) is 3.66. The first-order valence-corrected chi connectivity index (χ1v) is 9.23. The Morgan fingerprint density at radius 1 is 1.30 bits per heavy atom. The Bertz CT molecular complexity index is 1340. The number of aromatic amines is 2. The van der Waals surface area contributed by atoms with Gasteiger partial charge in [-0.25, -0.2) is 14.2 Å². The number of aromatic nitrogens is 3. The van der Waals surface area contributed by atoms with Crippen LogP contribution in [0.5, 0.6) is 0 Å². The minimum absolute atomic E-state index is 0.0705. The van der Waals surface area contributed by atoms with E-state index in [9.17, 15) is 14.3 Å². The average Bonchev–Trinajstić information content (AvgIpc) is 3.16. The van der Waals surface area contributed by atoms with E-state index in [-0.39, 0.29) is 17.7 Å². The number of hydrogen-bond acceptors (Lipinski definition) is 4. The number of nitrogens with one attached hydrogen (secondary N) is 3. The van der Waals surface area contributed by atoms with Gasteiger partial charge in [0.1, 0.15) is 17.2 Å². The van der Waals surface area contributed by atoms with E-state index < -0.39 is 11.9 Å². The fourth-order valence-corrected chi connectivity index (χ4v) is 3.35. The van der Waals surface area contributed by atoms with Crippen molar-refractivity contribution in [2.24, 2.45) is 0 Å². The Labute approximate surface area is 171 Å². The van der Waals surface area contributed by atoms with Crippen LogP contribution in [0.4, 0.5) is 15.8 Å². The van der Waals surface area contributed by atoms with Crippen LogP contribution in [-0.2, 0) is 0 Å². The summed E-state index contributed by atoms with van der Waals surface area (Å²) in [4.78, 5) is 26.3. The van der Waals surface area contributed by atoms with Gasteiger partial charge in [0, 0.05) is 12.7 Å². The van der Waals surface area contributed by atoms with Crippen molar-refractivity contribution in [2.75, 3.05) is 11.9 Å². The summed E-state index contributed by atoms with van der Waals surface area (Å²) in [6.45, 7) is 9.14. The summed E-state index contributed by atoms with van der Waals surface area (Å²) in [6.07, 6.45) is 0.528. The van der Waals surface area contributed by atoms with Gasteiger partial charge in [0.05, 0.1) is 29.4 Å². The quantitative estimate of drug-likeness (QED) is 0.378. The first kappa shape index (κ1) is 19.4. The van der Waals surface area contributed by atoms with Crippen LogP contribution in [0, 0.1) is 19.3 Å². The maximum Gasteiger partial charge on any atom is 0.261 e. The molecule has 30 heavy (non-hydrogen) atoms. The van der Waals surface area contributed by atoms with Gasteiger partial charge in [0.15, 0.2) is 5.69 Å². The fraction of sp³-hybridized carbons (Fsp3) is 0.136. The normalized spacial score (nSPS) is 11.9. The lowest BCUT2D eigenvalue weighted by atomic mass is 10.1. The zero-order chi connectivity index (χ0) is 21.3. The van der Waals surface area contributed by atoms with Crippen molar-refractivity contribution in [2.45, 2.75) is 13.0 Å². The lowest BCUT2D eigenvalue weighted by Gasteiger charge is -2.15. The van der Waals surface area contributed by atoms with Gasteiger partial charge >= 0.3 is 0 Å². The summed E-state index contributed by atoms with van der Waals surface area (Å²) in [6, 6.07) is 10.8. The van der Waals surface area contributed by atoms with Gasteiger partial charge in [-0.15, -0.1) is 0 Å². The van der Waals surface area contributed by atoms with E-state index >= 15 is 0 Å². The number of imidazole rings is 1. The van der Waals surface area contributed by atoms with Crippen molar-refractivity contribution < 1.29 is 9.50 Å². The molecule has 1 atom stereocenters. The molecule has 0 spiro atoms. The van der Waals surface area contributed by atoms with E-state index in [2.05, 4.69) is 25.1 Å². The second kappa shape index (κ2) is 7.81. The molecule has 2 heterocycles. The predicted molar refractivity (Wildman–Crippen MR) is 113 cm³/mol. The smallest absolute Gasteiger partial charge is 0.261 e. The van der Waals surface area contributed by atoms with Gasteiger partial charge in [0.2, 0.25) is 0 Å². The SMILES string of the molecule is [C-]#[N+]c1cc(C)c2nc(-c3c(NCC(O)c4cccc(F)c4)cc[nH]c3=O)[nH]c2c1. The number of aliphatic hydroxyl groups is 1. The topological polar surface area (TPSA) is 98.2 Å². The van der Waals surface area contributed by atoms with E-state index in [0.29, 0.717) is 33.8 Å². The van der Waals surface area contributed by atoms with Crippen molar-refractivity contribution in [1.29, 1.82) is 0 Å². The minimum atomic E-state index is -0.966. The molecule has 0 fully saturated rings. The second-order valence-electron chi connectivity index (χ2n) is 6.90. The number of fused-ring (bicyclic) bond motifs is 1. The van der Waals surface area contributed by atoms with Crippen molar-refractivity contribution in [1.82, 2.24) is 15.0 Å². The van der Waals surface area contributed by atoms with Crippen LogP contribution in [0.15, 0.2) is 53.5 Å². The number of anilines is 1. The Morgan fingerprint density at radius 3 is 2.90 bits per heavy atom. The molecule has 0 bridgehead atoms. The maximum absolute atomic E-state index is 13.4. The molecule has 0 amide bonds. The van der Waals surface area contributed by atoms with E-state index in [4.69, 9.17) is 6.57 Å².